The summed E-state index contributed by atoms with van der Waals surface area (Å²) < 4.78 is 102. The molecule has 6 aromatic carbocycles. The van der Waals surface area contributed by atoms with E-state index >= 15 is 0 Å². The molecule has 22 heteroatoms. The first kappa shape index (κ1) is 54.8. The Morgan fingerprint density at radius 2 is 0.926 bits per heavy atom. The molecule has 4 aliphatic heterocycles. The molecular weight excluding hydrogens is 1080 g/mol. The topological polar surface area (TPSA) is 196 Å². The summed E-state index contributed by atoms with van der Waals surface area (Å²) in [6.45, 7) is 3.82. The molecule has 4 aliphatic rings. The molecule has 418 valence electrons. The lowest BCUT2D eigenvalue weighted by Gasteiger charge is -2.31. The number of hydrogen-bond acceptors (Lipinski definition) is 14. The molecule has 0 unspecified atom stereocenters. The summed E-state index contributed by atoms with van der Waals surface area (Å²) in [4.78, 5) is 43.5. The lowest BCUT2D eigenvalue weighted by molar-refractivity contribution is 0.0756. The van der Waals surface area contributed by atoms with Crippen molar-refractivity contribution in [1.29, 1.82) is 0 Å². The number of hydrogen-bond donors (Lipinski definition) is 1. The summed E-state index contributed by atoms with van der Waals surface area (Å²) in [5, 5.41) is 11.6. The van der Waals surface area contributed by atoms with Gasteiger partial charge in [0.1, 0.15) is 28.8 Å². The predicted molar refractivity (Wildman–Crippen MR) is 298 cm³/mol. The number of aromatic nitrogens is 2. The van der Waals surface area contributed by atoms with Crippen LogP contribution >= 0.6 is 0 Å². The summed E-state index contributed by atoms with van der Waals surface area (Å²) in [5.41, 5.74) is 4.37. The second-order valence-corrected chi connectivity index (χ2v) is 23.3. The largest absolute Gasteiger partial charge is 0.505 e. The van der Waals surface area contributed by atoms with Gasteiger partial charge in [0, 0.05) is 99.7 Å². The number of ether oxygens (including phenoxy) is 1. The first-order valence-corrected chi connectivity index (χ1v) is 28.9. The van der Waals surface area contributed by atoms with Crippen LogP contribution in [0, 0.1) is 11.6 Å². The second-order valence-electron chi connectivity index (χ2n) is 20.2. The van der Waals surface area contributed by atoms with Gasteiger partial charge >= 0.3 is 20.6 Å². The molecule has 18 nitrogen and oxygen atoms in total. The number of phenols is 1. The standard InChI is InChI=1S/C36H33FN4O5S.C23H23FN4O5S/c1-39-19-21-41(22-20-39)47(43,44)46-34-29-13-8-18-38-32(29)35(45-33(26-9-4-2-5-10-26)27-11-6-3-7-12-27)31-30(34)24-40(36(31)42)23-25-14-16-28(37)17-15-25;1-26-9-11-28(12-10-26)34(31,32)33-22-17-3-2-8-25-20(17)21(29)19-18(22)14-27(23(19)30)13-15-4-6-16(24)7-5-15/h2-18,33H,19-24H2,1H3;2-8,29H,9-14H2,1H3. The average molecular weight is 1140 g/mol. The van der Waals surface area contributed by atoms with E-state index in [2.05, 4.69) is 14.9 Å². The number of halogens is 2. The van der Waals surface area contributed by atoms with Gasteiger partial charge in [-0.15, -0.1) is 0 Å². The number of likely N-dealkylation sites (N-methyl/N-ethyl adjacent to an activating group) is 2. The summed E-state index contributed by atoms with van der Waals surface area (Å²) in [6.07, 6.45) is 2.42. The number of amides is 2. The zero-order chi connectivity index (χ0) is 56.6. The van der Waals surface area contributed by atoms with Gasteiger partial charge in [-0.2, -0.15) is 25.4 Å². The number of rotatable bonds is 14. The van der Waals surface area contributed by atoms with E-state index in [0.29, 0.717) is 53.6 Å². The van der Waals surface area contributed by atoms with Gasteiger partial charge in [-0.1, -0.05) is 84.9 Å². The average Bonchev–Trinajstić information content (AvgIpc) is 4.25. The highest BCUT2D eigenvalue weighted by atomic mass is 32.2. The van der Waals surface area contributed by atoms with Crippen molar-refractivity contribution in [3.63, 3.8) is 0 Å². The van der Waals surface area contributed by atoms with Crippen LogP contribution in [0.15, 0.2) is 146 Å². The fourth-order valence-electron chi connectivity index (χ4n) is 10.4. The third-order valence-corrected chi connectivity index (χ3v) is 17.6. The molecule has 0 aliphatic carbocycles. The zero-order valence-electron chi connectivity index (χ0n) is 44.2. The molecule has 2 aromatic heterocycles. The fourth-order valence-corrected chi connectivity index (χ4v) is 12.7. The number of pyridine rings is 2. The Bertz CT molecular complexity index is 3850. The molecule has 8 aromatic rings. The van der Waals surface area contributed by atoms with Gasteiger partial charge in [-0.05, 0) is 84.9 Å². The number of aromatic hydroxyl groups is 1. The highest BCUT2D eigenvalue weighted by Gasteiger charge is 2.41. The van der Waals surface area contributed by atoms with E-state index in [9.17, 15) is 40.3 Å². The van der Waals surface area contributed by atoms with Crippen LogP contribution in [0.3, 0.4) is 0 Å². The molecule has 0 atom stereocenters. The number of carbonyl (C=O) groups excluding carboxylic acids is 2. The van der Waals surface area contributed by atoms with E-state index in [0.717, 1.165) is 16.7 Å². The van der Waals surface area contributed by atoms with Crippen LogP contribution in [0.25, 0.3) is 21.8 Å². The number of piperazine rings is 2. The molecule has 0 spiro atoms. The SMILES string of the molecule is CN1CCN(S(=O)(=O)Oc2c3c(c(O)c4ncccc24)C(=O)N(Cc2ccc(F)cc2)C3)CC1.CN1CCN(S(=O)(=O)Oc2c3c(c(OC(c4ccccc4)c4ccccc4)c4ncccc24)C(=O)N(Cc2ccc(F)cc2)C3)CC1. The number of benzene rings is 6. The predicted octanol–water partition coefficient (Wildman–Crippen LogP) is 7.68. The minimum atomic E-state index is -4.23. The van der Waals surface area contributed by atoms with Crippen molar-refractivity contribution < 1.29 is 53.4 Å². The quantitative estimate of drug-likeness (QED) is 0.111. The third kappa shape index (κ3) is 11.3. The van der Waals surface area contributed by atoms with E-state index in [-0.39, 0.29) is 115 Å². The summed E-state index contributed by atoms with van der Waals surface area (Å²) in [5.74, 6) is -1.65. The van der Waals surface area contributed by atoms with E-state index in [4.69, 9.17) is 13.1 Å². The number of fused-ring (bicyclic) bond motifs is 4. The molecule has 81 heavy (non-hydrogen) atoms. The Morgan fingerprint density at radius 3 is 1.38 bits per heavy atom. The van der Waals surface area contributed by atoms with Crippen molar-refractivity contribution >= 4 is 54.2 Å². The smallest absolute Gasteiger partial charge is 0.385 e. The zero-order valence-corrected chi connectivity index (χ0v) is 45.8. The summed E-state index contributed by atoms with van der Waals surface area (Å²) in [7, 11) is -4.53. The van der Waals surface area contributed by atoms with E-state index < -0.39 is 32.6 Å². The first-order chi connectivity index (χ1) is 39.0. The third-order valence-electron chi connectivity index (χ3n) is 14.8. The van der Waals surface area contributed by atoms with E-state index in [1.165, 1.54) is 44.0 Å². The van der Waals surface area contributed by atoms with Gasteiger partial charge in [0.15, 0.2) is 23.0 Å². The number of carbonyl (C=O) groups is 2. The Morgan fingerprint density at radius 1 is 0.519 bits per heavy atom. The molecule has 0 saturated carbocycles. The van der Waals surface area contributed by atoms with Crippen LogP contribution in [-0.4, -0.2) is 138 Å². The Balaban J connectivity index is 0.000000180. The first-order valence-electron chi connectivity index (χ1n) is 26.2. The van der Waals surface area contributed by atoms with Gasteiger partial charge in [0.2, 0.25) is 0 Å². The number of nitrogens with zero attached hydrogens (tertiary/aromatic N) is 8. The van der Waals surface area contributed by atoms with Crippen molar-refractivity contribution in [3.05, 3.63) is 202 Å². The van der Waals surface area contributed by atoms with Crippen molar-refractivity contribution in [2.45, 2.75) is 32.3 Å². The number of phenolic OH excluding ortho intramolecular Hbond substituents is 1. The maximum Gasteiger partial charge on any atom is 0.385 e. The van der Waals surface area contributed by atoms with Crippen molar-refractivity contribution in [3.8, 4) is 23.0 Å². The van der Waals surface area contributed by atoms with Crippen molar-refractivity contribution in [1.82, 2.24) is 38.2 Å². The van der Waals surface area contributed by atoms with Crippen LogP contribution in [0.4, 0.5) is 8.78 Å². The van der Waals surface area contributed by atoms with Crippen molar-refractivity contribution in [2.24, 2.45) is 0 Å². The van der Waals surface area contributed by atoms with Crippen LogP contribution in [0.2, 0.25) is 0 Å². The minimum Gasteiger partial charge on any atom is -0.505 e. The molecule has 1 N–H and O–H groups in total. The maximum absolute atomic E-state index is 14.4. The molecule has 6 heterocycles. The van der Waals surface area contributed by atoms with Crippen molar-refractivity contribution in [2.75, 3.05) is 66.5 Å². The summed E-state index contributed by atoms with van der Waals surface area (Å²) in [6, 6.07) is 37.7. The van der Waals surface area contributed by atoms with Gasteiger partial charge in [-0.3, -0.25) is 19.6 Å². The molecular formula is C59H56F2N8O10S2. The fraction of sp³-hybridized carbons (Fsp3) is 0.254. The van der Waals surface area contributed by atoms with Crippen LogP contribution in [0.5, 0.6) is 23.0 Å². The Labute approximate surface area is 467 Å². The van der Waals surface area contributed by atoms with Crippen LogP contribution < -0.4 is 13.1 Å². The minimum absolute atomic E-state index is 0.00946. The van der Waals surface area contributed by atoms with E-state index in [1.54, 1.807) is 59.6 Å². The molecule has 2 amide bonds. The molecule has 2 fully saturated rings. The van der Waals surface area contributed by atoms with E-state index in [1.807, 2.05) is 79.7 Å². The Kier molecular flexibility index (Phi) is 15.4. The maximum atomic E-state index is 14.4. The van der Waals surface area contributed by atoms with Crippen LogP contribution in [-0.2, 0) is 46.8 Å². The highest BCUT2D eigenvalue weighted by Crippen LogP contribution is 2.48. The second kappa shape index (κ2) is 22.8. The highest BCUT2D eigenvalue weighted by molar-refractivity contribution is 7.85. The van der Waals surface area contributed by atoms with Crippen LogP contribution in [0.1, 0.15) is 60.2 Å². The molecule has 0 bridgehead atoms. The monoisotopic (exact) mass is 1140 g/mol. The molecule has 12 rings (SSSR count). The summed E-state index contributed by atoms with van der Waals surface area (Å²) >= 11 is 0. The molecule has 0 radical (unpaired) electrons. The van der Waals surface area contributed by atoms with Gasteiger partial charge < -0.3 is 37.8 Å². The van der Waals surface area contributed by atoms with Gasteiger partial charge in [0.25, 0.3) is 11.8 Å². The normalized spacial score (nSPS) is 16.4. The molecule has 2 saturated heterocycles. The van der Waals surface area contributed by atoms with Gasteiger partial charge in [-0.25, -0.2) is 8.78 Å². The lowest BCUT2D eigenvalue weighted by Crippen LogP contribution is -2.48. The lowest BCUT2D eigenvalue weighted by atomic mass is 9.99. The Hall–Kier alpha value is -8.12. The van der Waals surface area contributed by atoms with Gasteiger partial charge in [0.05, 0.1) is 24.2 Å².